The molecule has 2 saturated heterocycles. The van der Waals surface area contributed by atoms with Gasteiger partial charge in [0.15, 0.2) is 6.04 Å². The van der Waals surface area contributed by atoms with E-state index in [9.17, 15) is 26.4 Å². The Bertz CT molecular complexity index is 977. The average molecular weight is 438 g/mol. The van der Waals surface area contributed by atoms with Crippen molar-refractivity contribution >= 4 is 33.4 Å². The fourth-order valence-electron chi connectivity index (χ4n) is 3.74. The van der Waals surface area contributed by atoms with Crippen LogP contribution < -0.4 is 4.90 Å². The molecule has 2 amide bonds. The summed E-state index contributed by atoms with van der Waals surface area (Å²) in [5.74, 6) is 0. The van der Waals surface area contributed by atoms with Gasteiger partial charge in [-0.05, 0) is 31.0 Å². The normalized spacial score (nSPS) is 25.2. The van der Waals surface area contributed by atoms with Gasteiger partial charge in [0.05, 0.1) is 28.6 Å². The Morgan fingerprint density at radius 2 is 2.00 bits per heavy atom. The van der Waals surface area contributed by atoms with Crippen LogP contribution in [0.15, 0.2) is 12.1 Å². The summed E-state index contributed by atoms with van der Waals surface area (Å²) in [5, 5.41) is 8.98. The number of amides is 2. The molecular weight excluding hydrogens is 423 g/mol. The summed E-state index contributed by atoms with van der Waals surface area (Å²) in [4.78, 5) is 14.3. The molecule has 28 heavy (non-hydrogen) atoms. The maximum absolute atomic E-state index is 14.0. The van der Waals surface area contributed by atoms with Crippen molar-refractivity contribution in [1.29, 1.82) is 5.26 Å². The summed E-state index contributed by atoms with van der Waals surface area (Å²) in [5.41, 5.74) is 0.116. The molecule has 1 aromatic carbocycles. The van der Waals surface area contributed by atoms with Gasteiger partial charge in [0.2, 0.25) is 0 Å². The third-order valence-electron chi connectivity index (χ3n) is 4.82. The Kier molecular flexibility index (Phi) is 5.02. The van der Waals surface area contributed by atoms with Crippen LogP contribution in [0.25, 0.3) is 0 Å². The molecule has 2 aliphatic heterocycles. The third kappa shape index (κ3) is 3.40. The van der Waals surface area contributed by atoms with Gasteiger partial charge in [-0.2, -0.15) is 26.9 Å². The second kappa shape index (κ2) is 6.79. The summed E-state index contributed by atoms with van der Waals surface area (Å²) in [7, 11) is -4.02. The Morgan fingerprint density at radius 1 is 1.36 bits per heavy atom. The molecule has 3 atom stereocenters. The molecule has 2 aliphatic rings. The number of benzene rings is 1. The van der Waals surface area contributed by atoms with Crippen molar-refractivity contribution in [3.05, 3.63) is 28.3 Å². The monoisotopic (exact) mass is 437 g/mol. The number of halogens is 4. The van der Waals surface area contributed by atoms with Crippen molar-refractivity contribution in [3.8, 4) is 6.07 Å². The van der Waals surface area contributed by atoms with Gasteiger partial charge in [-0.25, -0.2) is 4.79 Å². The molecule has 0 unspecified atom stereocenters. The number of alkyl halides is 3. The highest BCUT2D eigenvalue weighted by atomic mass is 35.5. The average Bonchev–Trinajstić information content (AvgIpc) is 3.08. The number of fused-ring (bicyclic) bond motifs is 1. The quantitative estimate of drug-likeness (QED) is 0.678. The van der Waals surface area contributed by atoms with Crippen molar-refractivity contribution in [2.45, 2.75) is 37.7 Å². The van der Waals surface area contributed by atoms with Gasteiger partial charge < -0.3 is 4.90 Å². The zero-order valence-corrected chi connectivity index (χ0v) is 16.3. The van der Waals surface area contributed by atoms with Crippen LogP contribution in [0, 0.1) is 18.3 Å². The lowest BCUT2D eigenvalue weighted by atomic mass is 10.0. The standard InChI is InChI=1S/C16H15ClF3N3O4S/c1-8-10(4-3-9(7-21)12(8)17)23-14(16(18,19)20)13-11(27-28(2,25)26)5-6-22(13)15(23)24/h3-4,11,13-14H,5-6H2,1-2H3/t11-,13+,14+/m1/s1. The van der Waals surface area contributed by atoms with E-state index in [-0.39, 0.29) is 34.8 Å². The molecule has 0 saturated carbocycles. The van der Waals surface area contributed by atoms with Crippen LogP contribution >= 0.6 is 11.6 Å². The van der Waals surface area contributed by atoms with E-state index in [1.54, 1.807) is 0 Å². The number of urea groups is 1. The Morgan fingerprint density at radius 3 is 2.54 bits per heavy atom. The van der Waals surface area contributed by atoms with E-state index in [2.05, 4.69) is 0 Å². The molecule has 0 N–H and O–H groups in total. The molecule has 2 fully saturated rings. The fourth-order valence-corrected chi connectivity index (χ4v) is 4.60. The van der Waals surface area contributed by atoms with Gasteiger partial charge in [-0.15, -0.1) is 0 Å². The first-order valence-electron chi connectivity index (χ1n) is 8.11. The van der Waals surface area contributed by atoms with Gasteiger partial charge in [-0.1, -0.05) is 11.6 Å². The number of carbonyl (C=O) groups is 1. The van der Waals surface area contributed by atoms with Crippen molar-refractivity contribution in [1.82, 2.24) is 4.90 Å². The van der Waals surface area contributed by atoms with E-state index in [4.69, 9.17) is 21.0 Å². The lowest BCUT2D eigenvalue weighted by Gasteiger charge is -2.31. The van der Waals surface area contributed by atoms with Crippen LogP contribution in [0.1, 0.15) is 17.5 Å². The van der Waals surface area contributed by atoms with Crippen molar-refractivity contribution < 1.29 is 30.6 Å². The first kappa shape index (κ1) is 20.7. The van der Waals surface area contributed by atoms with Crippen molar-refractivity contribution in [2.24, 2.45) is 0 Å². The number of rotatable bonds is 3. The molecule has 3 rings (SSSR count). The van der Waals surface area contributed by atoms with Gasteiger partial charge >= 0.3 is 12.2 Å². The van der Waals surface area contributed by atoms with E-state index in [0.717, 1.165) is 11.2 Å². The van der Waals surface area contributed by atoms with Crippen LogP contribution in [-0.2, 0) is 14.3 Å². The van der Waals surface area contributed by atoms with Crippen LogP contribution in [0.5, 0.6) is 0 Å². The topological polar surface area (TPSA) is 90.7 Å². The first-order chi connectivity index (χ1) is 12.9. The Balaban J connectivity index is 2.12. The van der Waals surface area contributed by atoms with Gasteiger partial charge in [0, 0.05) is 6.54 Å². The molecular formula is C16H15ClF3N3O4S. The van der Waals surface area contributed by atoms with Crippen LogP contribution in [0.2, 0.25) is 5.02 Å². The summed E-state index contributed by atoms with van der Waals surface area (Å²) in [6.07, 6.45) is -5.45. The number of anilines is 1. The predicted octanol–water partition coefficient (Wildman–Crippen LogP) is 2.81. The molecule has 7 nitrogen and oxygen atoms in total. The number of nitriles is 1. The molecule has 0 spiro atoms. The lowest BCUT2D eigenvalue weighted by molar-refractivity contribution is -0.155. The first-order valence-corrected chi connectivity index (χ1v) is 10.3. The van der Waals surface area contributed by atoms with Crippen LogP contribution in [0.3, 0.4) is 0 Å². The molecule has 0 aliphatic carbocycles. The van der Waals surface area contributed by atoms with E-state index >= 15 is 0 Å². The minimum atomic E-state index is -4.86. The number of hydrogen-bond donors (Lipinski definition) is 0. The van der Waals surface area contributed by atoms with E-state index < -0.39 is 40.5 Å². The molecule has 12 heteroatoms. The zero-order chi connectivity index (χ0) is 21.0. The van der Waals surface area contributed by atoms with Crippen LogP contribution in [0.4, 0.5) is 23.7 Å². The number of hydrogen-bond acceptors (Lipinski definition) is 5. The smallest absolute Gasteiger partial charge is 0.316 e. The van der Waals surface area contributed by atoms with Crippen molar-refractivity contribution in [2.75, 3.05) is 17.7 Å². The van der Waals surface area contributed by atoms with Gasteiger partial charge in [-0.3, -0.25) is 9.08 Å². The SMILES string of the molecule is Cc1c(N2C(=O)N3CC[C@@H](OS(C)(=O)=O)[C@H]3[C@H]2C(F)(F)F)ccc(C#N)c1Cl. The lowest BCUT2D eigenvalue weighted by Crippen LogP contribution is -2.52. The maximum Gasteiger partial charge on any atom is 0.411 e. The summed E-state index contributed by atoms with van der Waals surface area (Å²) < 4.78 is 69.7. The summed E-state index contributed by atoms with van der Waals surface area (Å²) in [6, 6.07) is -0.473. The zero-order valence-electron chi connectivity index (χ0n) is 14.7. The van der Waals surface area contributed by atoms with E-state index in [1.807, 2.05) is 6.07 Å². The highest BCUT2D eigenvalue weighted by Crippen LogP contribution is 2.45. The number of nitrogens with zero attached hydrogens (tertiary/aromatic N) is 3. The van der Waals surface area contributed by atoms with Gasteiger partial charge in [0.25, 0.3) is 10.1 Å². The largest absolute Gasteiger partial charge is 0.411 e. The van der Waals surface area contributed by atoms with Crippen LogP contribution in [-0.4, -0.2) is 56.5 Å². The summed E-state index contributed by atoms with van der Waals surface area (Å²) in [6.45, 7) is 1.34. The summed E-state index contributed by atoms with van der Waals surface area (Å²) >= 11 is 6.06. The highest BCUT2D eigenvalue weighted by molar-refractivity contribution is 7.86. The molecule has 0 aromatic heterocycles. The predicted molar refractivity (Wildman–Crippen MR) is 93.4 cm³/mol. The highest BCUT2D eigenvalue weighted by Gasteiger charge is 2.63. The molecule has 0 bridgehead atoms. The minimum Gasteiger partial charge on any atom is -0.316 e. The van der Waals surface area contributed by atoms with Gasteiger partial charge in [0.1, 0.15) is 12.2 Å². The van der Waals surface area contributed by atoms with E-state index in [0.29, 0.717) is 4.90 Å². The molecule has 0 radical (unpaired) electrons. The second-order valence-corrected chi connectivity index (χ2v) is 8.61. The van der Waals surface area contributed by atoms with E-state index in [1.165, 1.54) is 19.1 Å². The Hall–Kier alpha value is -2.03. The fraction of sp³-hybridized carbons (Fsp3) is 0.500. The minimum absolute atomic E-state index is 0.0307. The molecule has 1 aromatic rings. The molecule has 152 valence electrons. The third-order valence-corrected chi connectivity index (χ3v) is 5.90. The second-order valence-electron chi connectivity index (χ2n) is 6.63. The van der Waals surface area contributed by atoms with Crippen molar-refractivity contribution in [3.63, 3.8) is 0 Å². The maximum atomic E-state index is 14.0. The Labute approximate surface area is 164 Å². The number of carbonyl (C=O) groups excluding carboxylic acids is 1. The molecule has 2 heterocycles.